The molecule has 0 unspecified atom stereocenters. The van der Waals surface area contributed by atoms with Crippen molar-refractivity contribution in [3.63, 3.8) is 0 Å². The Morgan fingerprint density at radius 3 is 2.16 bits per heavy atom. The maximum atomic E-state index is 14.5. The van der Waals surface area contributed by atoms with Crippen LogP contribution in [0.5, 0.6) is 0 Å². The molecular formula is C25H25F2N3O6S. The second-order valence-electron chi connectivity index (χ2n) is 8.11. The number of carbonyl (C=O) groups excluding carboxylic acids is 2. The number of halogens is 2. The Bertz CT molecular complexity index is 1290. The van der Waals surface area contributed by atoms with Gasteiger partial charge in [-0.25, -0.2) is 18.4 Å². The molecule has 9 nitrogen and oxygen atoms in total. The fourth-order valence-electron chi connectivity index (χ4n) is 3.66. The van der Waals surface area contributed by atoms with E-state index in [9.17, 15) is 28.5 Å². The molecule has 1 heterocycles. The summed E-state index contributed by atoms with van der Waals surface area (Å²) in [4.78, 5) is 40.0. The normalized spacial score (nSPS) is 10.9. The van der Waals surface area contributed by atoms with Gasteiger partial charge in [-0.1, -0.05) is 6.07 Å². The van der Waals surface area contributed by atoms with Crippen molar-refractivity contribution in [2.45, 2.75) is 20.0 Å². The highest BCUT2D eigenvalue weighted by atomic mass is 32.1. The standard InChI is InChI=1S/C25H25F2N3O6S/c1-5-36-24(31)21-18(13-28(2)3)22(15-9-11-16(12-10-15)30(33)34)37-23(21)29(25(32)35-4)14-17-19(26)7-6-8-20(17)27/h6-12H,5,13-14H2,1-4H3. The molecule has 0 saturated heterocycles. The number of hydrogen-bond donors (Lipinski definition) is 0. The van der Waals surface area contributed by atoms with Gasteiger partial charge in [0.15, 0.2) is 0 Å². The zero-order chi connectivity index (χ0) is 27.3. The number of nitro groups is 1. The van der Waals surface area contributed by atoms with Gasteiger partial charge in [-0.3, -0.25) is 15.0 Å². The molecule has 0 aliphatic rings. The SMILES string of the molecule is CCOC(=O)c1c(N(Cc2c(F)cccc2F)C(=O)OC)sc(-c2ccc([N+](=O)[O-])cc2)c1CN(C)C. The van der Waals surface area contributed by atoms with Crippen molar-refractivity contribution in [3.05, 3.63) is 80.9 Å². The molecule has 0 N–H and O–H groups in total. The second kappa shape index (κ2) is 11.9. The molecule has 196 valence electrons. The van der Waals surface area contributed by atoms with Crippen molar-refractivity contribution in [2.75, 3.05) is 32.7 Å². The molecule has 0 radical (unpaired) electrons. The summed E-state index contributed by atoms with van der Waals surface area (Å²) in [5.74, 6) is -2.47. The number of carbonyl (C=O) groups is 2. The Balaban J connectivity index is 2.29. The lowest BCUT2D eigenvalue weighted by Gasteiger charge is -2.22. The third-order valence-corrected chi connectivity index (χ3v) is 6.60. The Morgan fingerprint density at radius 2 is 1.65 bits per heavy atom. The highest BCUT2D eigenvalue weighted by Crippen LogP contribution is 2.44. The number of esters is 1. The number of thiophene rings is 1. The molecule has 3 aromatic rings. The van der Waals surface area contributed by atoms with Crippen LogP contribution in [0.4, 0.5) is 24.3 Å². The molecule has 12 heteroatoms. The van der Waals surface area contributed by atoms with E-state index in [0.717, 1.165) is 35.5 Å². The molecule has 2 aromatic carbocycles. The Kier molecular flexibility index (Phi) is 8.90. The van der Waals surface area contributed by atoms with Gasteiger partial charge in [0.2, 0.25) is 0 Å². The zero-order valence-corrected chi connectivity index (χ0v) is 21.4. The molecule has 1 aromatic heterocycles. The van der Waals surface area contributed by atoms with Crippen LogP contribution < -0.4 is 4.90 Å². The fourth-order valence-corrected chi connectivity index (χ4v) is 4.96. The van der Waals surface area contributed by atoms with Crippen molar-refractivity contribution in [2.24, 2.45) is 0 Å². The van der Waals surface area contributed by atoms with Crippen LogP contribution in [0, 0.1) is 21.7 Å². The zero-order valence-electron chi connectivity index (χ0n) is 20.6. The van der Waals surface area contributed by atoms with Gasteiger partial charge < -0.3 is 14.4 Å². The quantitative estimate of drug-likeness (QED) is 0.200. The molecule has 37 heavy (non-hydrogen) atoms. The number of amides is 1. The number of non-ortho nitro benzene ring substituents is 1. The monoisotopic (exact) mass is 533 g/mol. The van der Waals surface area contributed by atoms with Gasteiger partial charge in [-0.05, 0) is 50.8 Å². The van der Waals surface area contributed by atoms with Crippen LogP contribution in [0.15, 0.2) is 42.5 Å². The topological polar surface area (TPSA) is 102 Å². The number of hydrogen-bond acceptors (Lipinski definition) is 8. The molecule has 0 bridgehead atoms. The highest BCUT2D eigenvalue weighted by molar-refractivity contribution is 7.20. The summed E-state index contributed by atoms with van der Waals surface area (Å²) in [6.45, 7) is 1.35. The van der Waals surface area contributed by atoms with E-state index in [-0.39, 0.29) is 35.0 Å². The van der Waals surface area contributed by atoms with Gasteiger partial charge in [-0.15, -0.1) is 11.3 Å². The molecule has 0 atom stereocenters. The third-order valence-electron chi connectivity index (χ3n) is 5.30. The summed E-state index contributed by atoms with van der Waals surface area (Å²) < 4.78 is 39.2. The van der Waals surface area contributed by atoms with Crippen molar-refractivity contribution < 1.29 is 32.8 Å². The predicted octanol–water partition coefficient (Wildman–Crippen LogP) is 5.61. The summed E-state index contributed by atoms with van der Waals surface area (Å²) in [5, 5.41) is 11.2. The van der Waals surface area contributed by atoms with Crippen LogP contribution in [-0.4, -0.2) is 49.7 Å². The first-order valence-electron chi connectivity index (χ1n) is 11.1. The number of nitrogens with zero attached hydrogens (tertiary/aromatic N) is 3. The summed E-state index contributed by atoms with van der Waals surface area (Å²) in [6, 6.07) is 9.04. The van der Waals surface area contributed by atoms with Crippen LogP contribution >= 0.6 is 11.3 Å². The first kappa shape index (κ1) is 27.7. The smallest absolute Gasteiger partial charge is 0.414 e. The Labute approximate surface area is 216 Å². The summed E-state index contributed by atoms with van der Waals surface area (Å²) in [5.41, 5.74) is 0.566. The van der Waals surface area contributed by atoms with Crippen LogP contribution in [0.1, 0.15) is 28.4 Å². The van der Waals surface area contributed by atoms with Crippen molar-refractivity contribution >= 4 is 34.1 Å². The van der Waals surface area contributed by atoms with Gasteiger partial charge in [0.1, 0.15) is 16.6 Å². The molecule has 0 saturated carbocycles. The van der Waals surface area contributed by atoms with Gasteiger partial charge >= 0.3 is 12.1 Å². The molecule has 0 aliphatic carbocycles. The van der Waals surface area contributed by atoms with Crippen LogP contribution in [0.25, 0.3) is 10.4 Å². The number of rotatable bonds is 9. The maximum absolute atomic E-state index is 14.5. The van der Waals surface area contributed by atoms with Crippen LogP contribution in [0.3, 0.4) is 0 Å². The highest BCUT2D eigenvalue weighted by Gasteiger charge is 2.33. The van der Waals surface area contributed by atoms with Gasteiger partial charge in [0, 0.05) is 34.7 Å². The second-order valence-corrected chi connectivity index (χ2v) is 9.11. The maximum Gasteiger partial charge on any atom is 0.414 e. The summed E-state index contributed by atoms with van der Waals surface area (Å²) >= 11 is 1.02. The molecule has 0 fully saturated rings. The van der Waals surface area contributed by atoms with Crippen molar-refractivity contribution in [3.8, 4) is 10.4 Å². The number of benzene rings is 2. The van der Waals surface area contributed by atoms with E-state index in [0.29, 0.717) is 16.0 Å². The average molecular weight is 534 g/mol. The minimum atomic E-state index is -0.943. The molecule has 0 spiro atoms. The van der Waals surface area contributed by atoms with E-state index in [2.05, 4.69) is 0 Å². The molecule has 3 rings (SSSR count). The van der Waals surface area contributed by atoms with Crippen LogP contribution in [-0.2, 0) is 22.6 Å². The van der Waals surface area contributed by atoms with E-state index < -0.39 is 35.2 Å². The van der Waals surface area contributed by atoms with E-state index in [1.165, 1.54) is 30.3 Å². The minimum absolute atomic E-state index is 0.0380. The number of nitro benzene ring substituents is 1. The molecule has 0 aliphatic heterocycles. The van der Waals surface area contributed by atoms with Crippen molar-refractivity contribution in [1.29, 1.82) is 0 Å². The first-order valence-corrected chi connectivity index (χ1v) is 11.9. The van der Waals surface area contributed by atoms with Gasteiger partial charge in [-0.2, -0.15) is 0 Å². The van der Waals surface area contributed by atoms with Gasteiger partial charge in [0.05, 0.1) is 30.7 Å². The number of ether oxygens (including phenoxy) is 2. The number of methoxy groups -OCH3 is 1. The minimum Gasteiger partial charge on any atom is -0.462 e. The summed E-state index contributed by atoms with van der Waals surface area (Å²) in [7, 11) is 4.67. The van der Waals surface area contributed by atoms with E-state index in [4.69, 9.17) is 9.47 Å². The lowest BCUT2D eigenvalue weighted by molar-refractivity contribution is -0.384. The Morgan fingerprint density at radius 1 is 1.03 bits per heavy atom. The molecular weight excluding hydrogens is 508 g/mol. The molecule has 1 amide bonds. The van der Waals surface area contributed by atoms with E-state index in [1.54, 1.807) is 25.9 Å². The van der Waals surface area contributed by atoms with E-state index in [1.807, 2.05) is 0 Å². The Hall–Kier alpha value is -3.90. The largest absolute Gasteiger partial charge is 0.462 e. The fraction of sp³-hybridized carbons (Fsp3) is 0.280. The first-order chi connectivity index (χ1) is 17.6. The average Bonchev–Trinajstić information content (AvgIpc) is 3.21. The van der Waals surface area contributed by atoms with Crippen LogP contribution in [0.2, 0.25) is 0 Å². The predicted molar refractivity (Wildman–Crippen MR) is 135 cm³/mol. The van der Waals surface area contributed by atoms with E-state index >= 15 is 0 Å². The lowest BCUT2D eigenvalue weighted by atomic mass is 10.0. The summed E-state index contributed by atoms with van der Waals surface area (Å²) in [6.07, 6.45) is -0.943. The van der Waals surface area contributed by atoms with Gasteiger partial charge in [0.25, 0.3) is 5.69 Å². The number of anilines is 1. The third kappa shape index (κ3) is 6.09. The van der Waals surface area contributed by atoms with Crippen molar-refractivity contribution in [1.82, 2.24) is 4.90 Å². The lowest BCUT2D eigenvalue weighted by Crippen LogP contribution is -2.32.